The van der Waals surface area contributed by atoms with Gasteiger partial charge in [0.25, 0.3) is 0 Å². The van der Waals surface area contributed by atoms with Crippen molar-refractivity contribution in [2.75, 3.05) is 6.54 Å². The van der Waals surface area contributed by atoms with E-state index in [1.807, 2.05) is 29.0 Å². The molecule has 26 heavy (non-hydrogen) atoms. The maximum Gasteiger partial charge on any atom is 0.315 e. The molecule has 1 aliphatic carbocycles. The van der Waals surface area contributed by atoms with Crippen molar-refractivity contribution in [3.8, 4) is 5.82 Å². The number of rotatable bonds is 6. The van der Waals surface area contributed by atoms with Crippen LogP contribution >= 0.6 is 0 Å². The van der Waals surface area contributed by atoms with Gasteiger partial charge < -0.3 is 10.6 Å². The van der Waals surface area contributed by atoms with E-state index in [9.17, 15) is 4.79 Å². The summed E-state index contributed by atoms with van der Waals surface area (Å²) in [6.45, 7) is 1.17. The highest BCUT2D eigenvalue weighted by Gasteiger charge is 2.37. The zero-order valence-electron chi connectivity index (χ0n) is 14.4. The van der Waals surface area contributed by atoms with Gasteiger partial charge in [0.15, 0.2) is 0 Å². The Kier molecular flexibility index (Phi) is 4.64. The Morgan fingerprint density at radius 3 is 2.85 bits per heavy atom. The monoisotopic (exact) mass is 347 g/mol. The molecule has 2 aromatic heterocycles. The summed E-state index contributed by atoms with van der Waals surface area (Å²) < 4.78 is 1.83. The molecule has 0 bridgehead atoms. The van der Waals surface area contributed by atoms with Crippen molar-refractivity contribution < 1.29 is 4.79 Å². The number of imidazole rings is 1. The van der Waals surface area contributed by atoms with E-state index in [0.717, 1.165) is 17.8 Å². The van der Waals surface area contributed by atoms with E-state index in [4.69, 9.17) is 0 Å². The van der Waals surface area contributed by atoms with Crippen LogP contribution in [0.1, 0.15) is 23.5 Å². The minimum absolute atomic E-state index is 0.135. The van der Waals surface area contributed by atoms with E-state index in [2.05, 4.69) is 44.9 Å². The van der Waals surface area contributed by atoms with Gasteiger partial charge in [0, 0.05) is 31.7 Å². The van der Waals surface area contributed by atoms with E-state index in [-0.39, 0.29) is 6.03 Å². The molecule has 0 spiro atoms. The van der Waals surface area contributed by atoms with Gasteiger partial charge in [-0.25, -0.2) is 14.8 Å². The van der Waals surface area contributed by atoms with E-state index < -0.39 is 0 Å². The SMILES string of the molecule is O=C(NCc1ccnc(-n2ccnc2)c1)NCC1CC1c1ccccc1. The molecule has 0 aliphatic heterocycles. The fourth-order valence-electron chi connectivity index (χ4n) is 3.16. The van der Waals surface area contributed by atoms with Crippen molar-refractivity contribution >= 4 is 6.03 Å². The normalized spacial score (nSPS) is 18.3. The fraction of sp³-hybridized carbons (Fsp3) is 0.250. The van der Waals surface area contributed by atoms with Gasteiger partial charge in [-0.15, -0.1) is 0 Å². The summed E-state index contributed by atoms with van der Waals surface area (Å²) in [4.78, 5) is 20.4. The highest BCUT2D eigenvalue weighted by Crippen LogP contribution is 2.46. The van der Waals surface area contributed by atoms with Gasteiger partial charge in [-0.1, -0.05) is 30.3 Å². The van der Waals surface area contributed by atoms with Crippen LogP contribution in [-0.2, 0) is 6.54 Å². The standard InChI is InChI=1S/C20H21N5O/c26-20(24-13-17-11-18(17)16-4-2-1-3-5-16)23-12-15-6-7-22-19(10-15)25-9-8-21-14-25/h1-10,14,17-18H,11-13H2,(H2,23,24,26). The molecule has 3 aromatic rings. The second-order valence-electron chi connectivity index (χ2n) is 6.57. The van der Waals surface area contributed by atoms with Gasteiger partial charge in [-0.05, 0) is 41.5 Å². The quantitative estimate of drug-likeness (QED) is 0.720. The highest BCUT2D eigenvalue weighted by molar-refractivity contribution is 5.73. The molecule has 6 heteroatoms. The average Bonchev–Trinajstić information content (AvgIpc) is 3.26. The Balaban J connectivity index is 1.23. The molecule has 6 nitrogen and oxygen atoms in total. The van der Waals surface area contributed by atoms with Crippen molar-refractivity contribution in [3.63, 3.8) is 0 Å². The zero-order chi connectivity index (χ0) is 17.8. The summed E-state index contributed by atoms with van der Waals surface area (Å²) in [5.74, 6) is 1.90. The Morgan fingerprint density at radius 1 is 1.15 bits per heavy atom. The first kappa shape index (κ1) is 16.3. The summed E-state index contributed by atoms with van der Waals surface area (Å²) in [7, 11) is 0. The third kappa shape index (κ3) is 3.91. The summed E-state index contributed by atoms with van der Waals surface area (Å²) in [5.41, 5.74) is 2.36. The smallest absolute Gasteiger partial charge is 0.315 e. The predicted octanol–water partition coefficient (Wildman–Crippen LogP) is 2.87. The number of carbonyl (C=O) groups is 1. The molecular weight excluding hydrogens is 326 g/mol. The van der Waals surface area contributed by atoms with E-state index in [0.29, 0.717) is 24.9 Å². The molecule has 2 unspecified atom stereocenters. The first-order valence-electron chi connectivity index (χ1n) is 8.79. The van der Waals surface area contributed by atoms with Gasteiger partial charge in [-0.3, -0.25) is 4.57 Å². The van der Waals surface area contributed by atoms with E-state index >= 15 is 0 Å². The molecule has 2 heterocycles. The molecule has 0 radical (unpaired) electrons. The summed E-state index contributed by atoms with van der Waals surface area (Å²) in [5, 5.41) is 5.88. The third-order valence-corrected chi connectivity index (χ3v) is 4.71. The molecule has 2 amide bonds. The largest absolute Gasteiger partial charge is 0.338 e. The maximum absolute atomic E-state index is 12.1. The topological polar surface area (TPSA) is 71.8 Å². The average molecular weight is 347 g/mol. The van der Waals surface area contributed by atoms with Gasteiger partial charge in [0.2, 0.25) is 0 Å². The lowest BCUT2D eigenvalue weighted by Gasteiger charge is -2.09. The second kappa shape index (κ2) is 7.39. The summed E-state index contributed by atoms with van der Waals surface area (Å²) in [6.07, 6.45) is 8.12. The second-order valence-corrected chi connectivity index (χ2v) is 6.57. The molecule has 1 saturated carbocycles. The highest BCUT2D eigenvalue weighted by atomic mass is 16.2. The van der Waals surface area contributed by atoms with E-state index in [1.165, 1.54) is 5.56 Å². The van der Waals surface area contributed by atoms with Crippen LogP contribution in [0.4, 0.5) is 4.79 Å². The zero-order valence-corrected chi connectivity index (χ0v) is 14.4. The minimum Gasteiger partial charge on any atom is -0.338 e. The Hall–Kier alpha value is -3.15. The molecule has 1 aliphatic rings. The number of nitrogens with zero attached hydrogens (tertiary/aromatic N) is 3. The van der Waals surface area contributed by atoms with Crippen LogP contribution in [0, 0.1) is 5.92 Å². The molecular formula is C20H21N5O. The first-order valence-corrected chi connectivity index (χ1v) is 8.79. The van der Waals surface area contributed by atoms with Crippen LogP contribution < -0.4 is 10.6 Å². The molecule has 1 aromatic carbocycles. The minimum atomic E-state index is -0.135. The fourth-order valence-corrected chi connectivity index (χ4v) is 3.16. The number of nitrogens with one attached hydrogen (secondary N) is 2. The Morgan fingerprint density at radius 2 is 2.04 bits per heavy atom. The number of amides is 2. The lowest BCUT2D eigenvalue weighted by molar-refractivity contribution is 0.240. The van der Waals surface area contributed by atoms with Crippen LogP contribution in [0.15, 0.2) is 67.4 Å². The lowest BCUT2D eigenvalue weighted by Crippen LogP contribution is -2.36. The molecule has 1 fully saturated rings. The van der Waals surface area contributed by atoms with Gasteiger partial charge in [0.05, 0.1) is 0 Å². The van der Waals surface area contributed by atoms with E-state index in [1.54, 1.807) is 18.7 Å². The number of pyridine rings is 1. The molecule has 4 rings (SSSR count). The number of urea groups is 1. The number of hydrogen-bond donors (Lipinski definition) is 2. The molecule has 132 valence electrons. The number of carbonyl (C=O) groups excluding carboxylic acids is 1. The van der Waals surface area contributed by atoms with Crippen molar-refractivity contribution in [2.45, 2.75) is 18.9 Å². The van der Waals surface area contributed by atoms with Crippen LogP contribution in [-0.4, -0.2) is 27.1 Å². The first-order chi connectivity index (χ1) is 12.8. The lowest BCUT2D eigenvalue weighted by atomic mass is 10.1. The molecule has 0 saturated heterocycles. The predicted molar refractivity (Wildman–Crippen MR) is 98.9 cm³/mol. The number of benzene rings is 1. The van der Waals surface area contributed by atoms with Crippen molar-refractivity contribution in [1.82, 2.24) is 25.2 Å². The maximum atomic E-state index is 12.1. The Bertz CT molecular complexity index is 863. The van der Waals surface area contributed by atoms with Crippen molar-refractivity contribution in [2.24, 2.45) is 5.92 Å². The number of hydrogen-bond acceptors (Lipinski definition) is 3. The molecule has 2 N–H and O–H groups in total. The van der Waals surface area contributed by atoms with Crippen LogP contribution in [0.5, 0.6) is 0 Å². The third-order valence-electron chi connectivity index (χ3n) is 4.71. The summed E-state index contributed by atoms with van der Waals surface area (Å²) >= 11 is 0. The van der Waals surface area contributed by atoms with Crippen molar-refractivity contribution in [1.29, 1.82) is 0 Å². The van der Waals surface area contributed by atoms with Gasteiger partial charge >= 0.3 is 6.03 Å². The summed E-state index contributed by atoms with van der Waals surface area (Å²) in [6, 6.07) is 14.2. The molecule has 2 atom stereocenters. The van der Waals surface area contributed by atoms with Crippen LogP contribution in [0.3, 0.4) is 0 Å². The number of aromatic nitrogens is 3. The van der Waals surface area contributed by atoms with Crippen molar-refractivity contribution in [3.05, 3.63) is 78.5 Å². The van der Waals surface area contributed by atoms with Gasteiger partial charge in [0.1, 0.15) is 12.1 Å². The van der Waals surface area contributed by atoms with Gasteiger partial charge in [-0.2, -0.15) is 0 Å². The van der Waals surface area contributed by atoms with Crippen LogP contribution in [0.2, 0.25) is 0 Å². The Labute approximate surface area is 152 Å². The van der Waals surface area contributed by atoms with Crippen LogP contribution in [0.25, 0.3) is 5.82 Å².